The van der Waals surface area contributed by atoms with Crippen LogP contribution in [0.4, 0.5) is 8.78 Å². The first-order valence-corrected chi connectivity index (χ1v) is 7.16. The average Bonchev–Trinajstić information content (AvgIpc) is 2.53. The summed E-state index contributed by atoms with van der Waals surface area (Å²) in [5, 5.41) is 0. The van der Waals surface area contributed by atoms with Gasteiger partial charge in [-0.1, -0.05) is 19.9 Å². The molecular formula is C17H20F2N2. The largest absolute Gasteiger partial charge is 0.285 e. The lowest BCUT2D eigenvalue weighted by Gasteiger charge is -2.26. The van der Waals surface area contributed by atoms with Crippen LogP contribution >= 0.6 is 0 Å². The van der Waals surface area contributed by atoms with Gasteiger partial charge in [-0.25, -0.2) is 8.78 Å². The Morgan fingerprint density at radius 3 is 2.38 bits per heavy atom. The molecule has 0 aliphatic carbocycles. The Balaban J connectivity index is 2.29. The second-order valence-electron chi connectivity index (χ2n) is 5.33. The first kappa shape index (κ1) is 15.5. The molecule has 2 nitrogen and oxygen atoms in total. The number of nitrogens with zero attached hydrogens (tertiary/aromatic N) is 2. The van der Waals surface area contributed by atoms with E-state index < -0.39 is 6.17 Å². The molecule has 0 N–H and O–H groups in total. The fourth-order valence-electron chi connectivity index (χ4n) is 2.43. The van der Waals surface area contributed by atoms with E-state index in [4.69, 9.17) is 0 Å². The minimum Gasteiger partial charge on any atom is -0.285 e. The third-order valence-corrected chi connectivity index (χ3v) is 3.96. The third-order valence-electron chi connectivity index (χ3n) is 3.96. The van der Waals surface area contributed by atoms with Gasteiger partial charge < -0.3 is 0 Å². The van der Waals surface area contributed by atoms with Crippen LogP contribution in [-0.4, -0.2) is 30.7 Å². The standard InChI is InChI=1S/C17H20F2N2/c1-4-15(19)11(2)12(3)16-17(21-10-9-20-16)13-5-7-14(18)8-6-13/h4-8,11-12,15H,1,9-10H2,2-3H3/t11-,12+,15?/m1/s1. The van der Waals surface area contributed by atoms with Crippen LogP contribution in [-0.2, 0) is 0 Å². The van der Waals surface area contributed by atoms with Crippen LogP contribution in [0.5, 0.6) is 0 Å². The van der Waals surface area contributed by atoms with Crippen molar-refractivity contribution in [2.75, 3.05) is 13.1 Å². The molecule has 1 heterocycles. The molecule has 0 aromatic heterocycles. The third kappa shape index (κ3) is 3.43. The molecule has 0 saturated heterocycles. The first-order valence-electron chi connectivity index (χ1n) is 7.16. The lowest BCUT2D eigenvalue weighted by atomic mass is 9.83. The molecule has 1 aliphatic heterocycles. The molecule has 3 atom stereocenters. The van der Waals surface area contributed by atoms with Gasteiger partial charge in [0.25, 0.3) is 0 Å². The highest BCUT2D eigenvalue weighted by Gasteiger charge is 2.28. The fraction of sp³-hybridized carbons (Fsp3) is 0.412. The van der Waals surface area contributed by atoms with Gasteiger partial charge in [-0.2, -0.15) is 0 Å². The van der Waals surface area contributed by atoms with Crippen molar-refractivity contribution < 1.29 is 8.78 Å². The minimum atomic E-state index is -1.08. The molecule has 2 rings (SSSR count). The van der Waals surface area contributed by atoms with Crippen molar-refractivity contribution >= 4 is 11.4 Å². The van der Waals surface area contributed by atoms with Crippen LogP contribution in [0.3, 0.4) is 0 Å². The zero-order chi connectivity index (χ0) is 15.4. The van der Waals surface area contributed by atoms with Crippen molar-refractivity contribution in [3.05, 3.63) is 48.3 Å². The topological polar surface area (TPSA) is 24.7 Å². The van der Waals surface area contributed by atoms with Gasteiger partial charge in [0.15, 0.2) is 0 Å². The number of hydrogen-bond acceptors (Lipinski definition) is 2. The molecule has 0 radical (unpaired) electrons. The van der Waals surface area contributed by atoms with Crippen LogP contribution in [0, 0.1) is 17.7 Å². The maximum absolute atomic E-state index is 13.9. The molecule has 1 unspecified atom stereocenters. The van der Waals surface area contributed by atoms with Crippen LogP contribution < -0.4 is 0 Å². The second-order valence-corrected chi connectivity index (χ2v) is 5.33. The maximum atomic E-state index is 13.9. The molecular weight excluding hydrogens is 270 g/mol. The van der Waals surface area contributed by atoms with Crippen LogP contribution in [0.1, 0.15) is 19.4 Å². The Bertz CT molecular complexity index is 561. The van der Waals surface area contributed by atoms with Gasteiger partial charge in [0.05, 0.1) is 24.5 Å². The smallest absolute Gasteiger partial charge is 0.123 e. The number of allylic oxidation sites excluding steroid dienone is 1. The quantitative estimate of drug-likeness (QED) is 0.736. The van der Waals surface area contributed by atoms with Gasteiger partial charge in [-0.3, -0.25) is 9.98 Å². The van der Waals surface area contributed by atoms with Gasteiger partial charge in [0.2, 0.25) is 0 Å². The summed E-state index contributed by atoms with van der Waals surface area (Å²) in [6, 6.07) is 6.18. The number of halogens is 2. The summed E-state index contributed by atoms with van der Waals surface area (Å²) in [5.74, 6) is -0.599. The molecule has 0 amide bonds. The van der Waals surface area contributed by atoms with E-state index in [0.29, 0.717) is 13.1 Å². The van der Waals surface area contributed by atoms with Gasteiger partial charge in [0.1, 0.15) is 12.0 Å². The van der Waals surface area contributed by atoms with Crippen molar-refractivity contribution in [3.8, 4) is 0 Å². The summed E-state index contributed by atoms with van der Waals surface area (Å²) in [4.78, 5) is 9.05. The van der Waals surface area contributed by atoms with Crippen molar-refractivity contribution in [1.82, 2.24) is 0 Å². The van der Waals surface area contributed by atoms with Gasteiger partial charge in [-0.05, 0) is 30.2 Å². The second kappa shape index (κ2) is 6.74. The van der Waals surface area contributed by atoms with Crippen molar-refractivity contribution in [2.45, 2.75) is 20.0 Å². The Morgan fingerprint density at radius 2 is 1.76 bits per heavy atom. The molecule has 112 valence electrons. The molecule has 21 heavy (non-hydrogen) atoms. The molecule has 1 aromatic carbocycles. The van der Waals surface area contributed by atoms with Crippen LogP contribution in [0.25, 0.3) is 0 Å². The van der Waals surface area contributed by atoms with E-state index in [0.717, 1.165) is 17.0 Å². The highest BCUT2D eigenvalue weighted by Crippen LogP contribution is 2.24. The summed E-state index contributed by atoms with van der Waals surface area (Å²) in [6.07, 6.45) is 0.235. The Morgan fingerprint density at radius 1 is 1.14 bits per heavy atom. The van der Waals surface area contributed by atoms with E-state index in [9.17, 15) is 8.78 Å². The lowest BCUT2D eigenvalue weighted by molar-refractivity contribution is 0.266. The normalized spacial score (nSPS) is 19.2. The number of aliphatic imine (C=N–C) groups is 2. The highest BCUT2D eigenvalue weighted by molar-refractivity contribution is 6.49. The molecule has 0 fully saturated rings. The zero-order valence-electron chi connectivity index (χ0n) is 12.4. The van der Waals surface area contributed by atoms with Gasteiger partial charge in [0, 0.05) is 11.5 Å². The van der Waals surface area contributed by atoms with Gasteiger partial charge >= 0.3 is 0 Å². The van der Waals surface area contributed by atoms with Crippen molar-refractivity contribution in [3.63, 3.8) is 0 Å². The summed E-state index contributed by atoms with van der Waals surface area (Å²) in [7, 11) is 0. The minimum absolute atomic E-state index is 0.0814. The van der Waals surface area contributed by atoms with Crippen molar-refractivity contribution in [2.24, 2.45) is 21.8 Å². The summed E-state index contributed by atoms with van der Waals surface area (Å²) >= 11 is 0. The van der Waals surface area contributed by atoms with E-state index in [1.54, 1.807) is 12.1 Å². The molecule has 0 spiro atoms. The van der Waals surface area contributed by atoms with E-state index in [1.165, 1.54) is 18.2 Å². The van der Waals surface area contributed by atoms with E-state index >= 15 is 0 Å². The Labute approximate surface area is 124 Å². The summed E-state index contributed by atoms with van der Waals surface area (Å²) < 4.78 is 26.9. The number of benzene rings is 1. The van der Waals surface area contributed by atoms with Crippen LogP contribution in [0.15, 0.2) is 46.9 Å². The van der Waals surface area contributed by atoms with Crippen LogP contribution in [0.2, 0.25) is 0 Å². The zero-order valence-corrected chi connectivity index (χ0v) is 12.4. The Hall–Kier alpha value is -1.84. The molecule has 1 aromatic rings. The maximum Gasteiger partial charge on any atom is 0.123 e. The SMILES string of the molecule is C=CC(F)[C@H](C)[C@H](C)C1=NCCN=C1c1ccc(F)cc1. The molecule has 1 aliphatic rings. The number of alkyl halides is 1. The Kier molecular flexibility index (Phi) is 4.99. The van der Waals surface area contributed by atoms with E-state index in [2.05, 4.69) is 16.6 Å². The van der Waals surface area contributed by atoms with Crippen molar-refractivity contribution in [1.29, 1.82) is 0 Å². The lowest BCUT2D eigenvalue weighted by Crippen LogP contribution is -2.33. The highest BCUT2D eigenvalue weighted by atomic mass is 19.1. The number of rotatable bonds is 5. The van der Waals surface area contributed by atoms with Gasteiger partial charge in [-0.15, -0.1) is 6.58 Å². The molecule has 0 saturated carbocycles. The molecule has 4 heteroatoms. The summed E-state index contributed by atoms with van der Waals surface area (Å²) in [6.45, 7) is 8.52. The number of hydrogen-bond donors (Lipinski definition) is 0. The fourth-order valence-corrected chi connectivity index (χ4v) is 2.43. The van der Waals surface area contributed by atoms with E-state index in [-0.39, 0.29) is 17.7 Å². The predicted molar refractivity (Wildman–Crippen MR) is 83.5 cm³/mol. The molecule has 0 bridgehead atoms. The average molecular weight is 290 g/mol. The van der Waals surface area contributed by atoms with E-state index in [1.807, 2.05) is 13.8 Å². The monoisotopic (exact) mass is 290 g/mol. The predicted octanol–water partition coefficient (Wildman–Crippen LogP) is 3.87. The first-order chi connectivity index (χ1) is 10.0. The summed E-state index contributed by atoms with van der Waals surface area (Å²) in [5.41, 5.74) is 2.37.